The summed E-state index contributed by atoms with van der Waals surface area (Å²) in [6, 6.07) is 15.6. The Bertz CT molecular complexity index is 1470. The lowest BCUT2D eigenvalue weighted by Gasteiger charge is -2.12. The van der Waals surface area contributed by atoms with Gasteiger partial charge < -0.3 is 4.57 Å². The second-order valence-electron chi connectivity index (χ2n) is 8.10. The van der Waals surface area contributed by atoms with Crippen LogP contribution in [0.4, 0.5) is 5.69 Å². The molecule has 4 aromatic rings. The van der Waals surface area contributed by atoms with E-state index in [9.17, 15) is 9.59 Å². The van der Waals surface area contributed by atoms with E-state index in [2.05, 4.69) is 41.4 Å². The summed E-state index contributed by atoms with van der Waals surface area (Å²) < 4.78 is 4.90. The Morgan fingerprint density at radius 2 is 1.75 bits per heavy atom. The van der Waals surface area contributed by atoms with E-state index in [4.69, 9.17) is 11.6 Å². The first kappa shape index (κ1) is 21.9. The molecule has 2 aromatic heterocycles. The molecule has 0 unspecified atom stereocenters. The minimum absolute atomic E-state index is 0.207. The number of rotatable bonds is 5. The van der Waals surface area contributed by atoms with Crippen molar-refractivity contribution in [2.45, 2.75) is 46.8 Å². The van der Waals surface area contributed by atoms with Crippen LogP contribution in [0.15, 0.2) is 63.1 Å². The summed E-state index contributed by atoms with van der Waals surface area (Å²) in [5, 5.41) is 1.68. The highest BCUT2D eigenvalue weighted by atomic mass is 35.5. The molecule has 0 fully saturated rings. The number of fused-ring (bicyclic) bond motifs is 1. The smallest absolute Gasteiger partial charge is 0.335 e. The fourth-order valence-electron chi connectivity index (χ4n) is 4.07. The first-order valence-electron chi connectivity index (χ1n) is 10.6. The van der Waals surface area contributed by atoms with E-state index >= 15 is 0 Å². The van der Waals surface area contributed by atoms with Gasteiger partial charge in [0.2, 0.25) is 5.62 Å². The van der Waals surface area contributed by atoms with E-state index in [1.54, 1.807) is 19.1 Å². The van der Waals surface area contributed by atoms with Crippen LogP contribution in [0.3, 0.4) is 0 Å². The number of hydrogen-bond acceptors (Lipinski definition) is 3. The van der Waals surface area contributed by atoms with E-state index in [0.29, 0.717) is 16.8 Å². The van der Waals surface area contributed by atoms with Crippen LogP contribution in [0.5, 0.6) is 0 Å². The standard InChI is InChI=1S/C24H26ClN5O2/c1-5-28-23(31)27-22(29(24(28)32)14-17-6-8-19(25)9-7-17)26-20-10-11-21-18(13-20)12-16(4)30(21)15(2)3/h6-13,15H,5,14H2,1-4H3,(H,26,27,31). The first-order valence-corrected chi connectivity index (χ1v) is 11.0. The summed E-state index contributed by atoms with van der Waals surface area (Å²) in [5.41, 5.74) is 3.15. The van der Waals surface area contributed by atoms with Gasteiger partial charge in [-0.1, -0.05) is 23.7 Å². The molecule has 0 aliphatic carbocycles. The number of H-pyrrole nitrogens is 1. The van der Waals surface area contributed by atoms with Crippen LogP contribution >= 0.6 is 11.6 Å². The van der Waals surface area contributed by atoms with Gasteiger partial charge >= 0.3 is 11.4 Å². The quantitative estimate of drug-likeness (QED) is 0.495. The number of halogens is 1. The van der Waals surface area contributed by atoms with Crippen LogP contribution < -0.4 is 17.0 Å². The zero-order valence-corrected chi connectivity index (χ0v) is 19.3. The van der Waals surface area contributed by atoms with Crippen LogP contribution in [0.1, 0.15) is 38.1 Å². The van der Waals surface area contributed by atoms with Crippen molar-refractivity contribution in [2.75, 3.05) is 0 Å². The molecule has 0 radical (unpaired) electrons. The average Bonchev–Trinajstić information content (AvgIpc) is 3.07. The lowest BCUT2D eigenvalue weighted by atomic mass is 10.2. The molecular formula is C24H26ClN5O2. The van der Waals surface area contributed by atoms with Crippen molar-refractivity contribution in [1.29, 1.82) is 0 Å². The lowest BCUT2D eigenvalue weighted by molar-refractivity contribution is 0.541. The molecule has 0 saturated carbocycles. The molecule has 0 atom stereocenters. The molecular weight excluding hydrogens is 426 g/mol. The van der Waals surface area contributed by atoms with E-state index in [1.165, 1.54) is 10.3 Å². The lowest BCUT2D eigenvalue weighted by Crippen LogP contribution is -2.49. The highest BCUT2D eigenvalue weighted by Crippen LogP contribution is 2.27. The van der Waals surface area contributed by atoms with Gasteiger partial charge in [-0.05, 0) is 69.7 Å². The monoisotopic (exact) mass is 451 g/mol. The van der Waals surface area contributed by atoms with Gasteiger partial charge in [0.25, 0.3) is 0 Å². The second kappa shape index (κ2) is 8.67. The summed E-state index contributed by atoms with van der Waals surface area (Å²) in [6.07, 6.45) is 0. The molecule has 166 valence electrons. The van der Waals surface area contributed by atoms with Crippen molar-refractivity contribution in [3.05, 3.63) is 91.4 Å². The van der Waals surface area contributed by atoms with E-state index in [-0.39, 0.29) is 18.7 Å². The molecule has 32 heavy (non-hydrogen) atoms. The van der Waals surface area contributed by atoms with E-state index in [1.807, 2.05) is 30.3 Å². The van der Waals surface area contributed by atoms with Crippen molar-refractivity contribution in [2.24, 2.45) is 4.99 Å². The zero-order valence-electron chi connectivity index (χ0n) is 18.6. The van der Waals surface area contributed by atoms with Gasteiger partial charge in [-0.25, -0.2) is 19.1 Å². The second-order valence-corrected chi connectivity index (χ2v) is 8.53. The van der Waals surface area contributed by atoms with Gasteiger partial charge in [0.15, 0.2) is 0 Å². The molecule has 0 bridgehead atoms. The fraction of sp³-hybridized carbons (Fsp3) is 0.292. The molecule has 1 N–H and O–H groups in total. The predicted octanol–water partition coefficient (Wildman–Crippen LogP) is 4.14. The summed E-state index contributed by atoms with van der Waals surface area (Å²) in [4.78, 5) is 33.0. The molecule has 0 saturated heterocycles. The molecule has 0 spiro atoms. The molecule has 8 heteroatoms. The van der Waals surface area contributed by atoms with Crippen molar-refractivity contribution < 1.29 is 0 Å². The Labute approximate surface area is 190 Å². The molecule has 0 aliphatic heterocycles. The number of nitrogens with zero attached hydrogens (tertiary/aromatic N) is 4. The third-order valence-electron chi connectivity index (χ3n) is 5.52. The highest BCUT2D eigenvalue weighted by molar-refractivity contribution is 6.30. The van der Waals surface area contributed by atoms with Gasteiger partial charge in [-0.3, -0.25) is 9.55 Å². The third-order valence-corrected chi connectivity index (χ3v) is 5.77. The molecule has 7 nitrogen and oxygen atoms in total. The summed E-state index contributed by atoms with van der Waals surface area (Å²) in [5.74, 6) is 0. The van der Waals surface area contributed by atoms with Crippen LogP contribution in [-0.4, -0.2) is 18.7 Å². The maximum absolute atomic E-state index is 13.1. The Morgan fingerprint density at radius 1 is 1.03 bits per heavy atom. The van der Waals surface area contributed by atoms with Gasteiger partial charge in [-0.15, -0.1) is 0 Å². The molecule has 0 aliphatic rings. The normalized spacial score (nSPS) is 12.2. The molecule has 4 rings (SSSR count). The number of aromatic amines is 1. The number of benzene rings is 2. The largest absolute Gasteiger partial charge is 0.342 e. The van der Waals surface area contributed by atoms with Gasteiger partial charge in [-0.2, -0.15) is 0 Å². The van der Waals surface area contributed by atoms with Gasteiger partial charge in [0.05, 0.1) is 12.2 Å². The minimum Gasteiger partial charge on any atom is -0.342 e. The van der Waals surface area contributed by atoms with E-state index in [0.717, 1.165) is 21.0 Å². The average molecular weight is 452 g/mol. The number of nitrogens with one attached hydrogen (secondary N) is 1. The minimum atomic E-state index is -0.480. The Balaban J connectivity index is 1.89. The number of aryl methyl sites for hydroxylation is 1. The molecule has 0 amide bonds. The van der Waals surface area contributed by atoms with Gasteiger partial charge in [0.1, 0.15) is 0 Å². The van der Waals surface area contributed by atoms with Crippen molar-refractivity contribution in [1.82, 2.24) is 18.7 Å². The molecule has 2 aromatic carbocycles. The number of hydrogen-bond donors (Lipinski definition) is 1. The molecule has 2 heterocycles. The fourth-order valence-corrected chi connectivity index (χ4v) is 4.20. The van der Waals surface area contributed by atoms with E-state index < -0.39 is 11.4 Å². The summed E-state index contributed by atoms with van der Waals surface area (Å²) in [6.45, 7) is 8.67. The maximum atomic E-state index is 13.1. The van der Waals surface area contributed by atoms with Crippen molar-refractivity contribution in [3.8, 4) is 0 Å². The first-order chi connectivity index (χ1) is 15.3. The van der Waals surface area contributed by atoms with Crippen molar-refractivity contribution >= 4 is 28.2 Å². The summed E-state index contributed by atoms with van der Waals surface area (Å²) in [7, 11) is 0. The topological polar surface area (TPSA) is 77.1 Å². The van der Waals surface area contributed by atoms with Gasteiger partial charge in [0, 0.05) is 34.2 Å². The van der Waals surface area contributed by atoms with Crippen LogP contribution in [0, 0.1) is 6.92 Å². The van der Waals surface area contributed by atoms with Crippen LogP contribution in [-0.2, 0) is 13.1 Å². The zero-order chi connectivity index (χ0) is 23.0. The van der Waals surface area contributed by atoms with Crippen molar-refractivity contribution in [3.63, 3.8) is 0 Å². The highest BCUT2D eigenvalue weighted by Gasteiger charge is 2.11. The Kier molecular flexibility index (Phi) is 5.93. The Morgan fingerprint density at radius 3 is 2.41 bits per heavy atom. The Hall–Kier alpha value is -3.32. The predicted molar refractivity (Wildman–Crippen MR) is 128 cm³/mol. The van der Waals surface area contributed by atoms with Crippen LogP contribution in [0.2, 0.25) is 5.02 Å². The van der Waals surface area contributed by atoms with Crippen LogP contribution in [0.25, 0.3) is 10.9 Å². The maximum Gasteiger partial charge on any atom is 0.335 e. The summed E-state index contributed by atoms with van der Waals surface area (Å²) >= 11 is 5.99. The SMILES string of the molecule is CCn1c(=O)[nH]/c(=N\c2ccc3c(c2)cc(C)n3C(C)C)n(Cc2ccc(Cl)cc2)c1=O. The number of aromatic nitrogens is 4. The third kappa shape index (κ3) is 4.08.